The van der Waals surface area contributed by atoms with Gasteiger partial charge >= 0.3 is 0 Å². The first-order valence-electron chi connectivity index (χ1n) is 11.4. The molecule has 2 atom stereocenters. The third kappa shape index (κ3) is 4.08. The molecule has 170 valence electrons. The van der Waals surface area contributed by atoms with Crippen LogP contribution in [-0.2, 0) is 9.59 Å². The van der Waals surface area contributed by atoms with Crippen LogP contribution in [0.25, 0.3) is 0 Å². The van der Waals surface area contributed by atoms with E-state index in [9.17, 15) is 9.59 Å². The van der Waals surface area contributed by atoms with Crippen LogP contribution in [0.5, 0.6) is 5.75 Å². The van der Waals surface area contributed by atoms with E-state index in [1.807, 2.05) is 41.0 Å². The van der Waals surface area contributed by atoms with Crippen LogP contribution in [0.15, 0.2) is 47.3 Å². The van der Waals surface area contributed by atoms with Crippen LogP contribution in [0.1, 0.15) is 30.7 Å². The molecule has 0 N–H and O–H groups in total. The molecule has 3 heterocycles. The fourth-order valence-corrected chi connectivity index (χ4v) is 5.96. The lowest BCUT2D eigenvalue weighted by Gasteiger charge is -2.39. The van der Waals surface area contributed by atoms with Crippen LogP contribution in [0.2, 0.25) is 0 Å². The van der Waals surface area contributed by atoms with E-state index in [-0.39, 0.29) is 23.1 Å². The van der Waals surface area contributed by atoms with Gasteiger partial charge in [0.25, 0.3) is 0 Å². The number of carbonyl (C=O) groups is 2. The summed E-state index contributed by atoms with van der Waals surface area (Å²) in [6, 6.07) is 9.55. The molecule has 2 aliphatic heterocycles. The number of ether oxygens (including phenoxy) is 1. The maximum absolute atomic E-state index is 13.5. The largest absolute Gasteiger partial charge is 0.492 e. The van der Waals surface area contributed by atoms with Crippen molar-refractivity contribution >= 4 is 29.3 Å². The minimum absolute atomic E-state index is 0.0650. The third-order valence-electron chi connectivity index (χ3n) is 6.39. The fraction of sp³-hybridized carbons (Fsp3) is 0.500. The van der Waals surface area contributed by atoms with Crippen molar-refractivity contribution < 1.29 is 18.7 Å². The molecule has 5 rings (SSSR count). The Balaban J connectivity index is 1.28. The molecule has 0 bridgehead atoms. The highest BCUT2D eigenvalue weighted by molar-refractivity contribution is 7.99. The van der Waals surface area contributed by atoms with Crippen LogP contribution < -0.4 is 9.64 Å². The van der Waals surface area contributed by atoms with Crippen molar-refractivity contribution in [3.63, 3.8) is 0 Å². The van der Waals surface area contributed by atoms with Crippen molar-refractivity contribution in [3.8, 4) is 5.75 Å². The van der Waals surface area contributed by atoms with Gasteiger partial charge in [-0.1, -0.05) is 12.1 Å². The monoisotopic (exact) mass is 455 g/mol. The van der Waals surface area contributed by atoms with E-state index in [2.05, 4.69) is 11.0 Å². The zero-order chi connectivity index (χ0) is 22.1. The Morgan fingerprint density at radius 3 is 2.56 bits per heavy atom. The predicted octanol–water partition coefficient (Wildman–Crippen LogP) is 3.38. The van der Waals surface area contributed by atoms with E-state index in [0.29, 0.717) is 25.4 Å². The van der Waals surface area contributed by atoms with E-state index >= 15 is 0 Å². The molecule has 0 radical (unpaired) electrons. The molecule has 1 aromatic carbocycles. The van der Waals surface area contributed by atoms with Gasteiger partial charge in [-0.3, -0.25) is 9.59 Å². The quantitative estimate of drug-likeness (QED) is 0.665. The number of hydrogen-bond donors (Lipinski definition) is 0. The molecule has 7 nitrogen and oxygen atoms in total. The molecule has 2 unspecified atom stereocenters. The zero-order valence-corrected chi connectivity index (χ0v) is 19.1. The highest BCUT2D eigenvalue weighted by Gasteiger charge is 2.48. The van der Waals surface area contributed by atoms with Crippen LogP contribution in [0.3, 0.4) is 0 Å². The Morgan fingerprint density at radius 1 is 1.09 bits per heavy atom. The van der Waals surface area contributed by atoms with Gasteiger partial charge in [-0.25, -0.2) is 0 Å². The Kier molecular flexibility index (Phi) is 6.04. The Bertz CT molecular complexity index is 954. The minimum Gasteiger partial charge on any atom is -0.492 e. The summed E-state index contributed by atoms with van der Waals surface area (Å²) in [7, 11) is 0. The van der Waals surface area contributed by atoms with E-state index in [1.165, 1.54) is 0 Å². The van der Waals surface area contributed by atoms with Gasteiger partial charge in [-0.2, -0.15) is 0 Å². The number of thioether (sulfide) groups is 1. The van der Waals surface area contributed by atoms with E-state index in [0.717, 1.165) is 42.9 Å². The van der Waals surface area contributed by atoms with Gasteiger partial charge in [0, 0.05) is 43.4 Å². The second-order valence-corrected chi connectivity index (χ2v) is 9.60. The lowest BCUT2D eigenvalue weighted by atomic mass is 10.1. The second kappa shape index (κ2) is 9.10. The molecule has 1 saturated carbocycles. The molecule has 2 amide bonds. The van der Waals surface area contributed by atoms with E-state index in [4.69, 9.17) is 9.15 Å². The van der Waals surface area contributed by atoms with Crippen LogP contribution in [-0.4, -0.2) is 66.2 Å². The lowest BCUT2D eigenvalue weighted by molar-refractivity contribution is -0.145. The van der Waals surface area contributed by atoms with Crippen LogP contribution >= 0.6 is 11.8 Å². The van der Waals surface area contributed by atoms with Crippen molar-refractivity contribution in [3.05, 3.63) is 48.4 Å². The Labute approximate surface area is 192 Å². The third-order valence-corrected chi connectivity index (χ3v) is 7.72. The summed E-state index contributed by atoms with van der Waals surface area (Å²) in [5.74, 6) is 1.76. The first-order chi connectivity index (χ1) is 15.7. The first-order valence-corrected chi connectivity index (χ1v) is 12.4. The van der Waals surface area contributed by atoms with E-state index in [1.54, 1.807) is 24.3 Å². The molecular formula is C24H29N3O4S. The standard InChI is InChI=1S/C24H29N3O4S/c1-2-31-21-6-4-3-5-19(21)25-10-12-26(13-11-25)23(29)20-16-32-24(18-9-14-30-15-18)27(20)22(28)17-7-8-17/h3-6,9,14-15,17,20,24H,2,7-8,10-13,16H2,1H3. The van der Waals surface area contributed by atoms with E-state index < -0.39 is 6.04 Å². The van der Waals surface area contributed by atoms with Gasteiger partial charge in [0.2, 0.25) is 11.8 Å². The number of anilines is 1. The number of benzene rings is 1. The number of piperazine rings is 1. The average Bonchev–Trinajstić information content (AvgIpc) is 3.35. The van der Waals surface area contributed by atoms with Gasteiger partial charge in [0.1, 0.15) is 17.2 Å². The number of para-hydroxylation sites is 2. The summed E-state index contributed by atoms with van der Waals surface area (Å²) in [5, 5.41) is -0.143. The molecule has 3 fully saturated rings. The number of carbonyl (C=O) groups excluding carboxylic acids is 2. The molecule has 8 heteroatoms. The zero-order valence-electron chi connectivity index (χ0n) is 18.3. The summed E-state index contributed by atoms with van der Waals surface area (Å²) >= 11 is 1.66. The molecule has 2 saturated heterocycles. The summed E-state index contributed by atoms with van der Waals surface area (Å²) in [5.41, 5.74) is 2.03. The number of rotatable bonds is 6. The Hall–Kier alpha value is -2.61. The SMILES string of the molecule is CCOc1ccccc1N1CCN(C(=O)C2CSC(c3ccoc3)N2C(=O)C2CC2)CC1. The fourth-order valence-electron chi connectivity index (χ4n) is 4.55. The maximum atomic E-state index is 13.5. The van der Waals surface area contributed by atoms with Gasteiger partial charge in [0.05, 0.1) is 24.8 Å². The van der Waals surface area contributed by atoms with Crippen molar-refractivity contribution in [1.29, 1.82) is 0 Å². The number of nitrogens with zero attached hydrogens (tertiary/aromatic N) is 3. The highest BCUT2D eigenvalue weighted by atomic mass is 32.2. The summed E-state index contributed by atoms with van der Waals surface area (Å²) in [6.45, 7) is 5.38. The maximum Gasteiger partial charge on any atom is 0.246 e. The van der Waals surface area contributed by atoms with Crippen molar-refractivity contribution in [2.75, 3.05) is 43.4 Å². The molecule has 2 aromatic rings. The Morgan fingerprint density at radius 2 is 1.88 bits per heavy atom. The highest BCUT2D eigenvalue weighted by Crippen LogP contribution is 2.45. The topological polar surface area (TPSA) is 66.2 Å². The summed E-state index contributed by atoms with van der Waals surface area (Å²) < 4.78 is 11.0. The number of amides is 2. The normalized spacial score (nSPS) is 23.5. The van der Waals surface area contributed by atoms with Crippen LogP contribution in [0.4, 0.5) is 5.69 Å². The van der Waals surface area contributed by atoms with Crippen molar-refractivity contribution in [2.24, 2.45) is 5.92 Å². The smallest absolute Gasteiger partial charge is 0.246 e. The van der Waals surface area contributed by atoms with Gasteiger partial charge in [-0.05, 0) is 38.0 Å². The predicted molar refractivity (Wildman–Crippen MR) is 124 cm³/mol. The summed E-state index contributed by atoms with van der Waals surface area (Å²) in [6.07, 6.45) is 5.17. The molecular weight excluding hydrogens is 426 g/mol. The molecule has 32 heavy (non-hydrogen) atoms. The van der Waals surface area contributed by atoms with Crippen LogP contribution in [0, 0.1) is 5.92 Å². The summed E-state index contributed by atoms with van der Waals surface area (Å²) in [4.78, 5) is 32.7. The van der Waals surface area contributed by atoms with Gasteiger partial charge < -0.3 is 23.9 Å². The van der Waals surface area contributed by atoms with Crippen molar-refractivity contribution in [2.45, 2.75) is 31.2 Å². The number of furan rings is 1. The average molecular weight is 456 g/mol. The minimum atomic E-state index is -0.407. The lowest BCUT2D eigenvalue weighted by Crippen LogP contribution is -2.55. The molecule has 3 aliphatic rings. The molecule has 0 spiro atoms. The second-order valence-electron chi connectivity index (χ2n) is 8.49. The molecule has 1 aliphatic carbocycles. The molecule has 1 aromatic heterocycles. The van der Waals surface area contributed by atoms with Gasteiger partial charge in [0.15, 0.2) is 0 Å². The number of hydrogen-bond acceptors (Lipinski definition) is 6. The van der Waals surface area contributed by atoms with Crippen molar-refractivity contribution in [1.82, 2.24) is 9.80 Å². The van der Waals surface area contributed by atoms with Gasteiger partial charge in [-0.15, -0.1) is 11.8 Å². The first kappa shape index (κ1) is 21.2.